The van der Waals surface area contributed by atoms with Gasteiger partial charge in [0.1, 0.15) is 0 Å². The van der Waals surface area contributed by atoms with Gasteiger partial charge in [0.15, 0.2) is 0 Å². The summed E-state index contributed by atoms with van der Waals surface area (Å²) in [5, 5.41) is 14.2. The predicted octanol–water partition coefficient (Wildman–Crippen LogP) is 1.76. The molecule has 1 aliphatic heterocycles. The van der Waals surface area contributed by atoms with Gasteiger partial charge in [0.25, 0.3) is 0 Å². The molecule has 4 N–H and O–H groups in total. The Hall–Kier alpha value is -1.72. The quantitative estimate of drug-likeness (QED) is 0.596. The van der Waals surface area contributed by atoms with Crippen LogP contribution in [0, 0.1) is 0 Å². The van der Waals surface area contributed by atoms with Gasteiger partial charge in [-0.3, -0.25) is 0 Å². The highest BCUT2D eigenvalue weighted by Gasteiger charge is 2.04. The van der Waals surface area contributed by atoms with Crippen molar-refractivity contribution in [2.45, 2.75) is 26.2 Å². The van der Waals surface area contributed by atoms with Gasteiger partial charge in [0, 0.05) is 52.4 Å². The highest BCUT2D eigenvalue weighted by Crippen LogP contribution is 2.09. The summed E-state index contributed by atoms with van der Waals surface area (Å²) in [5.74, 6) is 0. The maximum Gasteiger partial charge on any atom is 0.0209 e. The Balaban J connectivity index is 1.61. The topological polar surface area (TPSA) is 48.1 Å². The van der Waals surface area contributed by atoms with Gasteiger partial charge in [-0.15, -0.1) is 0 Å². The van der Waals surface area contributed by atoms with E-state index in [0.29, 0.717) is 0 Å². The summed E-state index contributed by atoms with van der Waals surface area (Å²) in [4.78, 5) is 0. The van der Waals surface area contributed by atoms with Crippen LogP contribution in [0.5, 0.6) is 0 Å². The van der Waals surface area contributed by atoms with Crippen LogP contribution in [0.2, 0.25) is 0 Å². The summed E-state index contributed by atoms with van der Waals surface area (Å²) in [6, 6.07) is 17.4. The van der Waals surface area contributed by atoms with Crippen molar-refractivity contribution in [1.82, 2.24) is 21.3 Å². The van der Waals surface area contributed by atoms with E-state index in [2.05, 4.69) is 69.8 Å². The van der Waals surface area contributed by atoms with Crippen molar-refractivity contribution in [2.75, 3.05) is 26.2 Å². The third-order valence-electron chi connectivity index (χ3n) is 4.46. The molecule has 0 spiro atoms. The van der Waals surface area contributed by atoms with Crippen molar-refractivity contribution in [2.24, 2.45) is 0 Å². The van der Waals surface area contributed by atoms with Gasteiger partial charge in [0.05, 0.1) is 0 Å². The average molecular weight is 324 g/mol. The van der Waals surface area contributed by atoms with Crippen molar-refractivity contribution in [3.05, 3.63) is 70.8 Å². The minimum atomic E-state index is 0.925. The normalized spacial score (nSPS) is 17.7. The number of nitrogens with one attached hydrogen (secondary N) is 4. The lowest BCUT2D eigenvalue weighted by molar-refractivity contribution is 0.584. The number of benzene rings is 2. The van der Waals surface area contributed by atoms with Crippen molar-refractivity contribution in [1.29, 1.82) is 0 Å². The van der Waals surface area contributed by atoms with Crippen molar-refractivity contribution >= 4 is 0 Å². The molecule has 4 nitrogen and oxygen atoms in total. The van der Waals surface area contributed by atoms with Gasteiger partial charge in [-0.1, -0.05) is 48.5 Å². The molecule has 3 rings (SSSR count). The minimum Gasteiger partial charge on any atom is -0.311 e. The zero-order valence-corrected chi connectivity index (χ0v) is 14.3. The van der Waals surface area contributed by atoms with Crippen LogP contribution >= 0.6 is 0 Å². The lowest BCUT2D eigenvalue weighted by Gasteiger charge is -2.15. The molecule has 0 aliphatic carbocycles. The van der Waals surface area contributed by atoms with E-state index in [4.69, 9.17) is 0 Å². The first kappa shape index (κ1) is 17.1. The minimum absolute atomic E-state index is 0.925. The molecule has 2 aromatic rings. The van der Waals surface area contributed by atoms with E-state index in [9.17, 15) is 0 Å². The maximum absolute atomic E-state index is 3.54. The molecule has 0 bridgehead atoms. The summed E-state index contributed by atoms with van der Waals surface area (Å²) in [6.45, 7) is 7.60. The van der Waals surface area contributed by atoms with Crippen LogP contribution in [0.15, 0.2) is 48.5 Å². The molecule has 4 heteroatoms. The molecule has 1 heterocycles. The molecule has 128 valence electrons. The fraction of sp³-hybridized carbons (Fsp3) is 0.400. The van der Waals surface area contributed by atoms with E-state index >= 15 is 0 Å². The summed E-state index contributed by atoms with van der Waals surface area (Å²) in [6.07, 6.45) is 0. The highest BCUT2D eigenvalue weighted by molar-refractivity contribution is 5.28. The molecule has 0 saturated carbocycles. The third kappa shape index (κ3) is 5.14. The Morgan fingerprint density at radius 2 is 0.667 bits per heavy atom. The van der Waals surface area contributed by atoms with Crippen LogP contribution in [0.25, 0.3) is 0 Å². The number of hydrogen-bond donors (Lipinski definition) is 4. The SMILES string of the molecule is c1ccc2c(c1)CNCCNCc1ccccc1CNCCNC2. The van der Waals surface area contributed by atoms with Gasteiger partial charge in [-0.2, -0.15) is 0 Å². The number of hydrogen-bond acceptors (Lipinski definition) is 4. The van der Waals surface area contributed by atoms with Crippen molar-refractivity contribution in [3.63, 3.8) is 0 Å². The molecule has 2 aromatic carbocycles. The van der Waals surface area contributed by atoms with E-state index in [0.717, 1.165) is 52.4 Å². The van der Waals surface area contributed by atoms with Crippen molar-refractivity contribution < 1.29 is 0 Å². The molecule has 0 radical (unpaired) electrons. The van der Waals surface area contributed by atoms with Gasteiger partial charge in [0.2, 0.25) is 0 Å². The standard InChI is InChI=1S/C20H28N4/c1-2-6-18-14-22-11-12-24-16-20-8-4-3-7-19(20)15-23-10-9-21-13-17(18)5-1/h1-8,21-24H,9-16H2. The largest absolute Gasteiger partial charge is 0.311 e. The smallest absolute Gasteiger partial charge is 0.0209 e. The molecule has 0 unspecified atom stereocenters. The fourth-order valence-electron chi connectivity index (χ4n) is 3.05. The molecule has 0 amide bonds. The Labute approximate surface area is 145 Å². The first-order valence-corrected chi connectivity index (χ1v) is 8.90. The van der Waals surface area contributed by atoms with Crippen LogP contribution in [0.1, 0.15) is 22.3 Å². The van der Waals surface area contributed by atoms with Gasteiger partial charge >= 0.3 is 0 Å². The summed E-state index contributed by atoms with van der Waals surface area (Å²) >= 11 is 0. The van der Waals surface area contributed by atoms with Crippen LogP contribution in [-0.2, 0) is 26.2 Å². The van der Waals surface area contributed by atoms with Gasteiger partial charge in [-0.25, -0.2) is 0 Å². The van der Waals surface area contributed by atoms with Crippen LogP contribution in [-0.4, -0.2) is 26.2 Å². The second kappa shape index (κ2) is 9.55. The van der Waals surface area contributed by atoms with E-state index in [1.165, 1.54) is 22.3 Å². The number of fused-ring (bicyclic) bond motifs is 2. The average Bonchev–Trinajstić information content (AvgIpc) is 2.62. The Kier molecular flexibility index (Phi) is 6.81. The second-order valence-corrected chi connectivity index (χ2v) is 6.24. The lowest BCUT2D eigenvalue weighted by atomic mass is 10.1. The zero-order chi connectivity index (χ0) is 16.5. The molecular weight excluding hydrogens is 296 g/mol. The van der Waals surface area contributed by atoms with Gasteiger partial charge in [-0.05, 0) is 22.3 Å². The van der Waals surface area contributed by atoms with E-state index < -0.39 is 0 Å². The maximum atomic E-state index is 3.54. The number of rotatable bonds is 0. The lowest BCUT2D eigenvalue weighted by Crippen LogP contribution is -2.30. The first-order chi connectivity index (χ1) is 11.9. The molecule has 0 fully saturated rings. The second-order valence-electron chi connectivity index (χ2n) is 6.24. The summed E-state index contributed by atoms with van der Waals surface area (Å²) in [5.41, 5.74) is 5.54. The summed E-state index contributed by atoms with van der Waals surface area (Å²) < 4.78 is 0. The molecule has 0 saturated heterocycles. The van der Waals surface area contributed by atoms with Crippen LogP contribution in [0.3, 0.4) is 0 Å². The molecule has 0 atom stereocenters. The molecular formula is C20H28N4. The Bertz CT molecular complexity index is 517. The van der Waals surface area contributed by atoms with E-state index in [1.54, 1.807) is 0 Å². The predicted molar refractivity (Wildman–Crippen MR) is 99.7 cm³/mol. The first-order valence-electron chi connectivity index (χ1n) is 8.90. The third-order valence-corrected chi connectivity index (χ3v) is 4.46. The van der Waals surface area contributed by atoms with E-state index in [1.807, 2.05) is 0 Å². The Morgan fingerprint density at radius 1 is 0.417 bits per heavy atom. The monoisotopic (exact) mass is 324 g/mol. The van der Waals surface area contributed by atoms with Crippen LogP contribution < -0.4 is 21.3 Å². The van der Waals surface area contributed by atoms with E-state index in [-0.39, 0.29) is 0 Å². The molecule has 0 aromatic heterocycles. The fourth-order valence-corrected chi connectivity index (χ4v) is 3.05. The molecule has 24 heavy (non-hydrogen) atoms. The van der Waals surface area contributed by atoms with Crippen molar-refractivity contribution in [3.8, 4) is 0 Å². The zero-order valence-electron chi connectivity index (χ0n) is 14.3. The van der Waals surface area contributed by atoms with Gasteiger partial charge < -0.3 is 21.3 Å². The molecule has 1 aliphatic rings. The summed E-state index contributed by atoms with van der Waals surface area (Å²) in [7, 11) is 0. The Morgan fingerprint density at radius 3 is 0.917 bits per heavy atom. The van der Waals surface area contributed by atoms with Crippen LogP contribution in [0.4, 0.5) is 0 Å². The highest BCUT2D eigenvalue weighted by atomic mass is 15.0.